The molecule has 0 aliphatic carbocycles. The van der Waals surface area contributed by atoms with Crippen molar-refractivity contribution in [1.82, 2.24) is 4.98 Å². The minimum Gasteiger partial charge on any atom is -0.396 e. The molecule has 0 spiro atoms. The largest absolute Gasteiger partial charge is 0.396 e. The van der Waals surface area contributed by atoms with Gasteiger partial charge in [0.15, 0.2) is 0 Å². The van der Waals surface area contributed by atoms with E-state index in [4.69, 9.17) is 5.11 Å². The van der Waals surface area contributed by atoms with Crippen molar-refractivity contribution in [3.8, 4) is 0 Å². The molecular formula is C12H19N3O3. The third-order valence-electron chi connectivity index (χ3n) is 2.81. The predicted molar refractivity (Wildman–Crippen MR) is 69.5 cm³/mol. The molecule has 1 atom stereocenters. The first kappa shape index (κ1) is 14.4. The molecule has 6 heteroatoms. The van der Waals surface area contributed by atoms with Crippen molar-refractivity contribution in [1.29, 1.82) is 0 Å². The maximum Gasteiger partial charge on any atom is 0.310 e. The van der Waals surface area contributed by atoms with Crippen LogP contribution in [0.5, 0.6) is 0 Å². The second kappa shape index (κ2) is 7.60. The molecular weight excluding hydrogens is 234 g/mol. The second-order valence-electron chi connectivity index (χ2n) is 4.20. The lowest BCUT2D eigenvalue weighted by Crippen LogP contribution is -2.16. The molecule has 18 heavy (non-hydrogen) atoms. The highest BCUT2D eigenvalue weighted by Gasteiger charge is 2.14. The van der Waals surface area contributed by atoms with Gasteiger partial charge >= 0.3 is 5.69 Å². The molecule has 0 aliphatic rings. The smallest absolute Gasteiger partial charge is 0.310 e. The first-order valence-electron chi connectivity index (χ1n) is 6.12. The van der Waals surface area contributed by atoms with Crippen molar-refractivity contribution < 1.29 is 10.0 Å². The van der Waals surface area contributed by atoms with Gasteiger partial charge < -0.3 is 10.4 Å². The number of aliphatic hydroxyl groups is 1. The third-order valence-corrected chi connectivity index (χ3v) is 2.81. The summed E-state index contributed by atoms with van der Waals surface area (Å²) in [5.41, 5.74) is 0.464. The molecule has 2 N–H and O–H groups in total. The number of aromatic nitrogens is 1. The summed E-state index contributed by atoms with van der Waals surface area (Å²) in [6.45, 7) is 2.85. The van der Waals surface area contributed by atoms with Gasteiger partial charge in [-0.15, -0.1) is 0 Å². The van der Waals surface area contributed by atoms with Gasteiger partial charge in [0.05, 0.1) is 4.92 Å². The quantitative estimate of drug-likeness (QED) is 0.547. The molecule has 0 fully saturated rings. The van der Waals surface area contributed by atoms with Crippen LogP contribution in [0, 0.1) is 16.0 Å². The van der Waals surface area contributed by atoms with Gasteiger partial charge in [0, 0.05) is 19.3 Å². The van der Waals surface area contributed by atoms with Gasteiger partial charge in [-0.2, -0.15) is 0 Å². The lowest BCUT2D eigenvalue weighted by molar-refractivity contribution is -0.384. The predicted octanol–water partition coefficient (Wildman–Crippen LogP) is 2.20. The Morgan fingerprint density at radius 2 is 2.33 bits per heavy atom. The van der Waals surface area contributed by atoms with Crippen LogP contribution in [-0.2, 0) is 0 Å². The van der Waals surface area contributed by atoms with Gasteiger partial charge in [-0.05, 0) is 24.8 Å². The van der Waals surface area contributed by atoms with E-state index in [9.17, 15) is 10.1 Å². The van der Waals surface area contributed by atoms with Gasteiger partial charge in [0.1, 0.15) is 11.9 Å². The number of hydrogen-bond acceptors (Lipinski definition) is 5. The van der Waals surface area contributed by atoms with Crippen LogP contribution in [0.1, 0.15) is 26.2 Å². The molecule has 0 saturated heterocycles. The van der Waals surface area contributed by atoms with E-state index in [0.717, 1.165) is 12.8 Å². The number of aliphatic hydroxyl groups excluding tert-OH is 1. The minimum atomic E-state index is -0.448. The van der Waals surface area contributed by atoms with Gasteiger partial charge in [-0.1, -0.05) is 13.3 Å². The molecule has 1 aromatic heterocycles. The van der Waals surface area contributed by atoms with E-state index in [0.29, 0.717) is 24.6 Å². The van der Waals surface area contributed by atoms with Crippen molar-refractivity contribution in [2.45, 2.75) is 26.2 Å². The van der Waals surface area contributed by atoms with E-state index in [2.05, 4.69) is 17.2 Å². The Balaban J connectivity index is 2.63. The summed E-state index contributed by atoms with van der Waals surface area (Å²) in [4.78, 5) is 14.1. The van der Waals surface area contributed by atoms with Gasteiger partial charge in [-0.3, -0.25) is 15.1 Å². The fourth-order valence-corrected chi connectivity index (χ4v) is 1.87. The number of nitrogens with zero attached hydrogens (tertiary/aromatic N) is 2. The van der Waals surface area contributed by atoms with Gasteiger partial charge in [0.2, 0.25) is 0 Å². The molecule has 0 radical (unpaired) electrons. The summed E-state index contributed by atoms with van der Waals surface area (Å²) in [5, 5.41) is 22.8. The lowest BCUT2D eigenvalue weighted by Gasteiger charge is -2.16. The van der Waals surface area contributed by atoms with Crippen LogP contribution in [0.25, 0.3) is 0 Å². The molecule has 100 valence electrons. The lowest BCUT2D eigenvalue weighted by atomic mass is 10.0. The number of nitrogens with one attached hydrogen (secondary N) is 1. The standard InChI is InChI=1S/C12H19N3O3/c1-2-3-10(5-7-16)8-14-11-4-6-13-9-12(11)15(17)18/h4,6,9-10,16H,2-3,5,7-8H2,1H3,(H,13,14). The summed E-state index contributed by atoms with van der Waals surface area (Å²) >= 11 is 0. The Labute approximate surface area is 106 Å². The minimum absolute atomic E-state index is 0.0169. The number of rotatable bonds is 8. The monoisotopic (exact) mass is 253 g/mol. The fourth-order valence-electron chi connectivity index (χ4n) is 1.87. The second-order valence-corrected chi connectivity index (χ2v) is 4.20. The molecule has 0 saturated carbocycles. The molecule has 1 unspecified atom stereocenters. The van der Waals surface area contributed by atoms with E-state index in [1.54, 1.807) is 6.07 Å². The average Bonchev–Trinajstić information content (AvgIpc) is 2.36. The number of hydrogen-bond donors (Lipinski definition) is 2. The molecule has 0 amide bonds. The fraction of sp³-hybridized carbons (Fsp3) is 0.583. The molecule has 6 nitrogen and oxygen atoms in total. The van der Waals surface area contributed by atoms with E-state index in [1.807, 2.05) is 0 Å². The van der Waals surface area contributed by atoms with Gasteiger partial charge in [-0.25, -0.2) is 0 Å². The molecule has 1 rings (SSSR count). The molecule has 1 aromatic rings. The first-order valence-corrected chi connectivity index (χ1v) is 6.12. The summed E-state index contributed by atoms with van der Waals surface area (Å²) in [6, 6.07) is 1.60. The zero-order valence-electron chi connectivity index (χ0n) is 10.5. The number of pyridine rings is 1. The van der Waals surface area contributed by atoms with Crippen molar-refractivity contribution in [2.24, 2.45) is 5.92 Å². The zero-order chi connectivity index (χ0) is 13.4. The SMILES string of the molecule is CCCC(CCO)CNc1ccncc1[N+](=O)[O-]. The van der Waals surface area contributed by atoms with E-state index in [-0.39, 0.29) is 12.3 Å². The van der Waals surface area contributed by atoms with Crippen LogP contribution >= 0.6 is 0 Å². The first-order chi connectivity index (χ1) is 8.69. The summed E-state index contributed by atoms with van der Waals surface area (Å²) < 4.78 is 0. The molecule has 0 aromatic carbocycles. The van der Waals surface area contributed by atoms with Crippen LogP contribution in [0.15, 0.2) is 18.5 Å². The Morgan fingerprint density at radius 3 is 2.94 bits per heavy atom. The van der Waals surface area contributed by atoms with Crippen LogP contribution in [0.2, 0.25) is 0 Å². The van der Waals surface area contributed by atoms with E-state index in [1.165, 1.54) is 12.4 Å². The van der Waals surface area contributed by atoms with Crippen molar-refractivity contribution >= 4 is 11.4 Å². The highest BCUT2D eigenvalue weighted by molar-refractivity contribution is 5.59. The van der Waals surface area contributed by atoms with Crippen molar-refractivity contribution in [2.75, 3.05) is 18.5 Å². The van der Waals surface area contributed by atoms with Gasteiger partial charge in [0.25, 0.3) is 0 Å². The third kappa shape index (κ3) is 4.29. The van der Waals surface area contributed by atoms with E-state index < -0.39 is 4.92 Å². The Morgan fingerprint density at radius 1 is 1.56 bits per heavy atom. The topological polar surface area (TPSA) is 88.3 Å². The molecule has 0 aliphatic heterocycles. The van der Waals surface area contributed by atoms with Crippen LogP contribution in [-0.4, -0.2) is 28.2 Å². The number of nitro groups is 1. The highest BCUT2D eigenvalue weighted by Crippen LogP contribution is 2.23. The van der Waals surface area contributed by atoms with Crippen molar-refractivity contribution in [3.05, 3.63) is 28.6 Å². The average molecular weight is 253 g/mol. The Kier molecular flexibility index (Phi) is 6.07. The summed E-state index contributed by atoms with van der Waals surface area (Å²) in [5.74, 6) is 0.327. The maximum atomic E-state index is 10.8. The normalized spacial score (nSPS) is 12.1. The summed E-state index contributed by atoms with van der Waals surface area (Å²) in [6.07, 6.45) is 5.50. The van der Waals surface area contributed by atoms with Crippen LogP contribution in [0.4, 0.5) is 11.4 Å². The number of anilines is 1. The Hall–Kier alpha value is -1.69. The molecule has 1 heterocycles. The zero-order valence-corrected chi connectivity index (χ0v) is 10.5. The summed E-state index contributed by atoms with van der Waals surface area (Å²) in [7, 11) is 0. The van der Waals surface area contributed by atoms with E-state index >= 15 is 0 Å². The Bertz CT molecular complexity index is 379. The maximum absolute atomic E-state index is 10.8. The highest BCUT2D eigenvalue weighted by atomic mass is 16.6. The molecule has 0 bridgehead atoms. The van der Waals surface area contributed by atoms with Crippen molar-refractivity contribution in [3.63, 3.8) is 0 Å². The van der Waals surface area contributed by atoms with Crippen LogP contribution in [0.3, 0.4) is 0 Å². The van der Waals surface area contributed by atoms with Crippen LogP contribution < -0.4 is 5.32 Å².